The third kappa shape index (κ3) is 2.41. The monoisotopic (exact) mass is 442 g/mol. The molecule has 0 amide bonds. The van der Waals surface area contributed by atoms with Crippen molar-refractivity contribution in [3.05, 3.63) is 34.3 Å². The smallest absolute Gasteiger partial charge is 0.342 e. The summed E-state index contributed by atoms with van der Waals surface area (Å²) in [5.41, 5.74) is -0.122. The minimum atomic E-state index is -0.999. The van der Waals surface area contributed by atoms with Crippen molar-refractivity contribution in [2.24, 2.45) is 17.3 Å². The number of hydrogen-bond donors (Lipinski definition) is 0. The van der Waals surface area contributed by atoms with Crippen molar-refractivity contribution in [3.8, 4) is 0 Å². The Balaban J connectivity index is 1.82. The number of fused-ring (bicyclic) bond motifs is 3. The number of allylic oxidation sites excluding steroid dienone is 1. The number of carbonyl (C=O) groups excluding carboxylic acids is 4. The minimum absolute atomic E-state index is 0.0681. The number of cyclic esters (lactones) is 1. The Hall–Kier alpha value is -2.74. The second kappa shape index (κ2) is 6.63. The van der Waals surface area contributed by atoms with Gasteiger partial charge in [0.05, 0.1) is 12.0 Å². The average Bonchev–Trinajstić information content (AvgIpc) is 3.26. The number of carbonyl (C=O) groups is 4. The number of ketones is 2. The lowest BCUT2D eigenvalue weighted by Crippen LogP contribution is -2.57. The molecule has 0 saturated heterocycles. The van der Waals surface area contributed by atoms with Gasteiger partial charge >= 0.3 is 11.9 Å². The van der Waals surface area contributed by atoms with E-state index in [4.69, 9.17) is 18.6 Å². The van der Waals surface area contributed by atoms with Gasteiger partial charge in [0.2, 0.25) is 5.78 Å². The first kappa shape index (κ1) is 21.1. The number of esters is 2. The summed E-state index contributed by atoms with van der Waals surface area (Å²) >= 11 is 0. The maximum atomic E-state index is 13.8. The highest BCUT2D eigenvalue weighted by atomic mass is 16.6. The van der Waals surface area contributed by atoms with Gasteiger partial charge in [-0.25, -0.2) is 4.79 Å². The van der Waals surface area contributed by atoms with Gasteiger partial charge in [0.25, 0.3) is 0 Å². The van der Waals surface area contributed by atoms with Crippen molar-refractivity contribution in [1.29, 1.82) is 0 Å². The van der Waals surface area contributed by atoms with E-state index in [1.165, 1.54) is 20.3 Å². The van der Waals surface area contributed by atoms with E-state index in [1.807, 2.05) is 20.8 Å². The standard InChI is InChI=1S/C24H26O8/c1-10-6-13-16-18(14(31-11(2)25)7-23(13,3)21(10)27)24(4)15(9-29-5)32-22(28)12-8-30-20(17(12)24)19(16)26/h8,10,13-15H,6-7,9H2,1-5H3/t10?,13-,14+,15+,23-,24-/m0/s1. The molecule has 8 nitrogen and oxygen atoms in total. The summed E-state index contributed by atoms with van der Waals surface area (Å²) in [6, 6.07) is 0. The van der Waals surface area contributed by atoms with Gasteiger partial charge in [0.15, 0.2) is 5.76 Å². The van der Waals surface area contributed by atoms with Crippen LogP contribution >= 0.6 is 0 Å². The molecule has 1 aromatic rings. The van der Waals surface area contributed by atoms with Crippen molar-refractivity contribution in [3.63, 3.8) is 0 Å². The second-order valence-corrected chi connectivity index (χ2v) is 9.83. The van der Waals surface area contributed by atoms with Gasteiger partial charge in [-0.15, -0.1) is 0 Å². The third-order valence-corrected chi connectivity index (χ3v) is 8.00. The number of methoxy groups -OCH3 is 1. The molecule has 0 spiro atoms. The fourth-order valence-corrected chi connectivity index (χ4v) is 6.62. The minimum Gasteiger partial charge on any atom is -0.460 e. The Morgan fingerprint density at radius 3 is 2.62 bits per heavy atom. The van der Waals surface area contributed by atoms with Crippen LogP contribution in [0.3, 0.4) is 0 Å². The van der Waals surface area contributed by atoms with Crippen LogP contribution in [0.25, 0.3) is 0 Å². The van der Waals surface area contributed by atoms with Crippen LogP contribution in [0.2, 0.25) is 0 Å². The van der Waals surface area contributed by atoms with Crippen molar-refractivity contribution in [2.45, 2.75) is 58.2 Å². The highest BCUT2D eigenvalue weighted by Crippen LogP contribution is 2.62. The summed E-state index contributed by atoms with van der Waals surface area (Å²) in [5.74, 6) is -1.83. The first-order valence-corrected chi connectivity index (χ1v) is 10.9. The predicted molar refractivity (Wildman–Crippen MR) is 109 cm³/mol. The van der Waals surface area contributed by atoms with E-state index in [-0.39, 0.29) is 47.8 Å². The molecule has 8 heteroatoms. The molecular weight excluding hydrogens is 416 g/mol. The van der Waals surface area contributed by atoms with Crippen molar-refractivity contribution in [1.82, 2.24) is 0 Å². The summed E-state index contributed by atoms with van der Waals surface area (Å²) in [5, 5.41) is 0. The molecule has 6 atom stereocenters. The van der Waals surface area contributed by atoms with E-state index in [0.29, 0.717) is 23.1 Å². The van der Waals surface area contributed by atoms with Crippen LogP contribution in [0.15, 0.2) is 21.8 Å². The predicted octanol–water partition coefficient (Wildman–Crippen LogP) is 2.78. The maximum Gasteiger partial charge on any atom is 0.342 e. The number of furan rings is 1. The molecule has 2 heterocycles. The molecule has 1 unspecified atom stereocenters. The SMILES string of the molecule is COC[C@H]1OC(=O)c2coc3c2[C@@]1(C)C1=C(C3=O)[C@@H]2CC(C)C(=O)[C@@]2(C)C[C@H]1OC(C)=O. The number of ether oxygens (including phenoxy) is 3. The molecule has 5 rings (SSSR count). The van der Waals surface area contributed by atoms with Gasteiger partial charge in [0, 0.05) is 48.8 Å². The first-order valence-electron chi connectivity index (χ1n) is 10.9. The quantitative estimate of drug-likeness (QED) is 0.658. The number of Topliss-reactive ketones (excluding diaryl/α,β-unsaturated/α-hetero) is 2. The average molecular weight is 442 g/mol. The van der Waals surface area contributed by atoms with Gasteiger partial charge in [-0.2, -0.15) is 0 Å². The van der Waals surface area contributed by atoms with E-state index in [0.717, 1.165) is 0 Å². The Morgan fingerprint density at radius 1 is 1.25 bits per heavy atom. The lowest BCUT2D eigenvalue weighted by atomic mass is 9.54. The molecule has 1 saturated carbocycles. The van der Waals surface area contributed by atoms with Gasteiger partial charge in [0.1, 0.15) is 29.8 Å². The number of rotatable bonds is 3. The molecule has 1 aliphatic heterocycles. The lowest BCUT2D eigenvalue weighted by molar-refractivity contribution is -0.149. The van der Waals surface area contributed by atoms with Crippen LogP contribution in [0.5, 0.6) is 0 Å². The molecular formula is C24H26O8. The molecule has 3 aliphatic carbocycles. The summed E-state index contributed by atoms with van der Waals surface area (Å²) in [4.78, 5) is 51.8. The van der Waals surface area contributed by atoms with Crippen molar-refractivity contribution >= 4 is 23.5 Å². The van der Waals surface area contributed by atoms with Crippen LogP contribution in [0.1, 0.15) is 67.0 Å². The maximum absolute atomic E-state index is 13.8. The molecule has 0 bridgehead atoms. The zero-order valence-electron chi connectivity index (χ0n) is 18.8. The molecule has 4 aliphatic rings. The van der Waals surface area contributed by atoms with Crippen molar-refractivity contribution in [2.75, 3.05) is 13.7 Å². The van der Waals surface area contributed by atoms with Gasteiger partial charge in [-0.05, 0) is 18.9 Å². The Bertz CT molecular complexity index is 1110. The van der Waals surface area contributed by atoms with Crippen LogP contribution < -0.4 is 0 Å². The summed E-state index contributed by atoms with van der Waals surface area (Å²) in [6.07, 6.45) is 0.504. The normalized spacial score (nSPS) is 37.6. The lowest BCUT2D eigenvalue weighted by Gasteiger charge is -2.51. The molecule has 1 fully saturated rings. The molecule has 170 valence electrons. The largest absolute Gasteiger partial charge is 0.460 e. The van der Waals surface area contributed by atoms with E-state index < -0.39 is 35.0 Å². The van der Waals surface area contributed by atoms with E-state index in [1.54, 1.807) is 0 Å². The van der Waals surface area contributed by atoms with E-state index >= 15 is 0 Å². The zero-order chi connectivity index (χ0) is 23.2. The highest BCUT2D eigenvalue weighted by molar-refractivity contribution is 6.14. The fourth-order valence-electron chi connectivity index (χ4n) is 6.62. The first-order chi connectivity index (χ1) is 15.1. The van der Waals surface area contributed by atoms with E-state index in [9.17, 15) is 19.2 Å². The Kier molecular flexibility index (Phi) is 4.38. The summed E-state index contributed by atoms with van der Waals surface area (Å²) < 4.78 is 22.5. The molecule has 0 radical (unpaired) electrons. The zero-order valence-corrected chi connectivity index (χ0v) is 18.8. The van der Waals surface area contributed by atoms with Gasteiger partial charge in [-0.3, -0.25) is 14.4 Å². The topological polar surface area (TPSA) is 109 Å². The number of hydrogen-bond acceptors (Lipinski definition) is 8. The van der Waals surface area contributed by atoms with Gasteiger partial charge < -0.3 is 18.6 Å². The van der Waals surface area contributed by atoms with Gasteiger partial charge in [-0.1, -0.05) is 13.8 Å². The van der Waals surface area contributed by atoms with Crippen LogP contribution in [0, 0.1) is 17.3 Å². The Morgan fingerprint density at radius 2 is 1.97 bits per heavy atom. The third-order valence-electron chi connectivity index (χ3n) is 8.00. The van der Waals surface area contributed by atoms with Crippen LogP contribution in [0.4, 0.5) is 0 Å². The van der Waals surface area contributed by atoms with Crippen molar-refractivity contribution < 1.29 is 37.8 Å². The fraction of sp³-hybridized carbons (Fsp3) is 0.583. The molecule has 1 aromatic heterocycles. The highest BCUT2D eigenvalue weighted by Gasteiger charge is 2.65. The van der Waals surface area contributed by atoms with Crippen LogP contribution in [-0.2, 0) is 29.2 Å². The van der Waals surface area contributed by atoms with E-state index in [2.05, 4.69) is 0 Å². The molecule has 0 aromatic carbocycles. The van der Waals surface area contributed by atoms with Crippen LogP contribution in [-0.4, -0.2) is 49.4 Å². The summed E-state index contributed by atoms with van der Waals surface area (Å²) in [6.45, 7) is 7.00. The molecule has 32 heavy (non-hydrogen) atoms. The molecule has 0 N–H and O–H groups in total. The summed E-state index contributed by atoms with van der Waals surface area (Å²) in [7, 11) is 1.51. The Labute approximate surface area is 185 Å². The second-order valence-electron chi connectivity index (χ2n) is 9.83.